The molecule has 2 N–H and O–H groups in total. The summed E-state index contributed by atoms with van der Waals surface area (Å²) in [7, 11) is -1.47. The fourth-order valence-corrected chi connectivity index (χ4v) is 8.85. The molecule has 11 heteroatoms. The van der Waals surface area contributed by atoms with Crippen molar-refractivity contribution in [3.63, 3.8) is 0 Å². The van der Waals surface area contributed by atoms with Crippen molar-refractivity contribution in [3.8, 4) is 6.01 Å². The highest BCUT2D eigenvalue weighted by Gasteiger charge is 2.31. The van der Waals surface area contributed by atoms with Crippen LogP contribution in [0.2, 0.25) is 0 Å². The monoisotopic (exact) mass is 634 g/mol. The fourth-order valence-electron chi connectivity index (χ4n) is 5.36. The predicted octanol–water partition coefficient (Wildman–Crippen LogP) is 5.52. The van der Waals surface area contributed by atoms with E-state index in [2.05, 4.69) is 46.4 Å². The number of carbonyl (C=O) groups excluding carboxylic acids is 1. The van der Waals surface area contributed by atoms with E-state index in [9.17, 15) is 4.79 Å². The number of methoxy groups -OCH3 is 1. The second kappa shape index (κ2) is 14.3. The van der Waals surface area contributed by atoms with Gasteiger partial charge in [0.25, 0.3) is 0 Å². The molecule has 0 fully saturated rings. The number of nitrogen functional groups attached to an aromatic ring is 1. The topological polar surface area (TPSA) is 125 Å². The van der Waals surface area contributed by atoms with Crippen molar-refractivity contribution in [2.45, 2.75) is 12.8 Å². The van der Waals surface area contributed by atoms with Gasteiger partial charge in [0.2, 0.25) is 0 Å². The molecule has 0 saturated heterocycles. The highest BCUT2D eigenvalue weighted by Crippen LogP contribution is 2.50. The van der Waals surface area contributed by atoms with Gasteiger partial charge in [0.15, 0.2) is 11.6 Å². The molecule has 1 aromatic heterocycles. The summed E-state index contributed by atoms with van der Waals surface area (Å²) in [5.74, 6) is 0.936. The molecule has 234 valence electrons. The molecule has 3 aromatic carbocycles. The number of fused-ring (bicyclic) bond motifs is 3. The van der Waals surface area contributed by atoms with Crippen LogP contribution < -0.4 is 31.3 Å². The highest BCUT2D eigenvalue weighted by atomic mass is 31.2. The molecule has 6 rings (SSSR count). The lowest BCUT2D eigenvalue weighted by atomic mass is 10.2. The number of nitrogens with two attached hydrogens (primary N) is 1. The summed E-state index contributed by atoms with van der Waals surface area (Å²) >= 11 is 0. The summed E-state index contributed by atoms with van der Waals surface area (Å²) in [6.07, 6.45) is 6.59. The molecular formula is C35H35N6O4P. The summed E-state index contributed by atoms with van der Waals surface area (Å²) in [6.45, 7) is 1.25. The van der Waals surface area contributed by atoms with Gasteiger partial charge in [0.1, 0.15) is 18.1 Å². The van der Waals surface area contributed by atoms with E-state index in [1.807, 2.05) is 72.8 Å². The summed E-state index contributed by atoms with van der Waals surface area (Å²) in [5.41, 5.74) is 7.62. The third kappa shape index (κ3) is 6.43. The molecule has 2 bridgehead atoms. The van der Waals surface area contributed by atoms with Crippen molar-refractivity contribution in [3.05, 3.63) is 115 Å². The Morgan fingerprint density at radius 1 is 0.870 bits per heavy atom. The van der Waals surface area contributed by atoms with Crippen LogP contribution in [-0.4, -0.2) is 55.2 Å². The van der Waals surface area contributed by atoms with E-state index in [0.29, 0.717) is 31.0 Å². The Labute approximate surface area is 268 Å². The number of hydrogen-bond donors (Lipinski definition) is 1. The zero-order valence-electron chi connectivity index (χ0n) is 25.5. The number of rotatable bonds is 4. The fraction of sp³-hybridized carbons (Fsp3) is 0.200. The van der Waals surface area contributed by atoms with Gasteiger partial charge in [-0.25, -0.2) is 9.54 Å². The Hall–Kier alpha value is -5.21. The first-order valence-corrected chi connectivity index (χ1v) is 16.8. The number of nitrogens with zero attached hydrogens (tertiary/aromatic N) is 5. The van der Waals surface area contributed by atoms with Crippen LogP contribution in [0.5, 0.6) is 6.01 Å². The van der Waals surface area contributed by atoms with Crippen LogP contribution in [0.3, 0.4) is 0 Å². The summed E-state index contributed by atoms with van der Waals surface area (Å²) < 4.78 is 22.8. The normalized spacial score (nSPS) is 15.9. The van der Waals surface area contributed by atoms with Crippen LogP contribution in [0.4, 0.5) is 22.1 Å². The number of hydrogen-bond acceptors (Lipinski definition) is 9. The van der Waals surface area contributed by atoms with Crippen molar-refractivity contribution in [2.24, 2.45) is 9.74 Å². The van der Waals surface area contributed by atoms with Crippen molar-refractivity contribution < 1.29 is 19.0 Å². The number of carbonyl (C=O) groups is 1. The van der Waals surface area contributed by atoms with Crippen LogP contribution >= 0.6 is 7.05 Å². The lowest BCUT2D eigenvalue weighted by molar-refractivity contribution is 0.179. The van der Waals surface area contributed by atoms with Crippen molar-refractivity contribution in [1.29, 1.82) is 0 Å². The molecule has 1 amide bonds. The Kier molecular flexibility index (Phi) is 9.55. The Balaban J connectivity index is 1.64. The van der Waals surface area contributed by atoms with E-state index >= 15 is 0 Å². The minimum absolute atomic E-state index is 0.0186. The highest BCUT2D eigenvalue weighted by molar-refractivity contribution is 7.87. The first kappa shape index (κ1) is 30.8. The van der Waals surface area contributed by atoms with Crippen LogP contribution in [0, 0.1) is 0 Å². The summed E-state index contributed by atoms with van der Waals surface area (Å²) in [5, 5.41) is 3.02. The first-order valence-electron chi connectivity index (χ1n) is 15.1. The number of amides is 1. The van der Waals surface area contributed by atoms with E-state index in [1.165, 1.54) is 12.0 Å². The minimum atomic E-state index is -2.78. The van der Waals surface area contributed by atoms with Gasteiger partial charge in [0, 0.05) is 22.5 Å². The zero-order valence-corrected chi connectivity index (χ0v) is 26.4. The average molecular weight is 635 g/mol. The van der Waals surface area contributed by atoms with Crippen LogP contribution in [0.25, 0.3) is 0 Å². The number of aliphatic imine (C=N–C) groups is 1. The molecular weight excluding hydrogens is 599 g/mol. The van der Waals surface area contributed by atoms with Gasteiger partial charge in [-0.2, -0.15) is 9.97 Å². The maximum Gasteiger partial charge on any atom is 0.415 e. The molecule has 46 heavy (non-hydrogen) atoms. The zero-order chi connectivity index (χ0) is 31.8. The van der Waals surface area contributed by atoms with E-state index in [1.54, 1.807) is 0 Å². The van der Waals surface area contributed by atoms with Crippen LogP contribution in [-0.2, 0) is 9.47 Å². The Morgan fingerprint density at radius 2 is 1.50 bits per heavy atom. The number of benzene rings is 3. The number of dihydropyridines is 1. The van der Waals surface area contributed by atoms with Gasteiger partial charge in [-0.05, 0) is 18.9 Å². The number of ether oxygens (including phenoxy) is 3. The summed E-state index contributed by atoms with van der Waals surface area (Å²) in [4.78, 5) is 28.8. The van der Waals surface area contributed by atoms with Gasteiger partial charge < -0.3 is 19.9 Å². The Bertz CT molecular complexity index is 1720. The van der Waals surface area contributed by atoms with E-state index < -0.39 is 13.1 Å². The quantitative estimate of drug-likeness (QED) is 0.231. The van der Waals surface area contributed by atoms with Gasteiger partial charge in [0.05, 0.1) is 33.0 Å². The molecule has 0 aliphatic carbocycles. The SMILES string of the molecule is COC(=O)N1CC2=NCCC=C2OCC/C=C\COc2nc(N=P(c3ccccc3)(c3ccccc3)c3ccccc3)c(N)c1n2. The molecule has 2 aliphatic rings. The molecule has 10 nitrogen and oxygen atoms in total. The second-order valence-electron chi connectivity index (χ2n) is 10.5. The third-order valence-corrected chi connectivity index (χ3v) is 11.2. The first-order chi connectivity index (χ1) is 22.6. The maximum absolute atomic E-state index is 13.4. The average Bonchev–Trinajstić information content (AvgIpc) is 3.11. The van der Waals surface area contributed by atoms with Crippen molar-refractivity contribution in [1.82, 2.24) is 9.97 Å². The van der Waals surface area contributed by atoms with E-state index in [-0.39, 0.29) is 36.5 Å². The number of anilines is 2. The number of aromatic nitrogens is 2. The molecule has 0 spiro atoms. The van der Waals surface area contributed by atoms with E-state index in [0.717, 1.165) is 22.3 Å². The smallest absolute Gasteiger partial charge is 0.415 e. The molecule has 0 radical (unpaired) electrons. The second-order valence-corrected chi connectivity index (χ2v) is 13.5. The molecule has 0 saturated carbocycles. The van der Waals surface area contributed by atoms with Crippen molar-refractivity contribution in [2.75, 3.05) is 44.0 Å². The minimum Gasteiger partial charge on any atom is -0.492 e. The molecule has 0 atom stereocenters. The van der Waals surface area contributed by atoms with Crippen LogP contribution in [0.15, 0.2) is 125 Å². The standard InChI is InChI=1S/C35H35N6O4P/c1-43-35(42)41-25-29-30(21-14-22-37-29)44-23-12-5-13-24-45-34-38-32(31(36)33(41)39-34)40-46(26-15-6-2-7-16-26,27-17-8-3-9-18-27)28-19-10-4-11-20-28/h2-11,13,15-21H,12,14,22-25,36H2,1H3/b13-5-. The summed E-state index contributed by atoms with van der Waals surface area (Å²) in [6, 6.07) is 30.4. The molecule has 0 unspecified atom stereocenters. The Morgan fingerprint density at radius 3 is 2.11 bits per heavy atom. The van der Waals surface area contributed by atoms with E-state index in [4.69, 9.17) is 29.7 Å². The molecule has 4 aromatic rings. The lowest BCUT2D eigenvalue weighted by Crippen LogP contribution is -2.38. The third-order valence-electron chi connectivity index (χ3n) is 7.54. The maximum atomic E-state index is 13.4. The van der Waals surface area contributed by atoms with Gasteiger partial charge in [-0.3, -0.25) is 9.89 Å². The van der Waals surface area contributed by atoms with Gasteiger partial charge in [-0.15, -0.1) is 0 Å². The largest absolute Gasteiger partial charge is 0.492 e. The predicted molar refractivity (Wildman–Crippen MR) is 184 cm³/mol. The van der Waals surface area contributed by atoms with Gasteiger partial charge >= 0.3 is 12.1 Å². The van der Waals surface area contributed by atoms with Crippen LogP contribution in [0.1, 0.15) is 12.8 Å². The molecule has 3 heterocycles. The molecule has 2 aliphatic heterocycles. The van der Waals surface area contributed by atoms with Crippen molar-refractivity contribution >= 4 is 52.1 Å². The lowest BCUT2D eigenvalue weighted by Gasteiger charge is -2.28. The van der Waals surface area contributed by atoms with Gasteiger partial charge in [-0.1, -0.05) is 103 Å².